The molecule has 0 saturated carbocycles. The van der Waals surface area contributed by atoms with Crippen LogP contribution >= 0.6 is 0 Å². The molecule has 1 N–H and O–H groups in total. The van der Waals surface area contributed by atoms with Crippen LogP contribution in [-0.2, 0) is 0 Å². The lowest BCUT2D eigenvalue weighted by atomic mass is 10.1. The Labute approximate surface area is 137 Å². The van der Waals surface area contributed by atoms with Gasteiger partial charge in [-0.05, 0) is 54.8 Å². The maximum atomic E-state index is 11.9. The average molecular weight is 310 g/mol. The minimum Gasteiger partial charge on any atom is -0.493 e. The molecular formula is C19H22N2O2. The molecule has 2 rings (SSSR count). The van der Waals surface area contributed by atoms with Crippen LogP contribution < -0.4 is 10.2 Å². The van der Waals surface area contributed by atoms with Crippen LogP contribution in [0.1, 0.15) is 36.7 Å². The van der Waals surface area contributed by atoms with Crippen LogP contribution in [0.2, 0.25) is 0 Å². The molecule has 0 aliphatic heterocycles. The fraction of sp³-hybridized carbons (Fsp3) is 0.263. The van der Waals surface area contributed by atoms with Gasteiger partial charge in [-0.2, -0.15) is 5.10 Å². The number of amides is 1. The zero-order valence-electron chi connectivity index (χ0n) is 13.7. The second-order valence-electron chi connectivity index (χ2n) is 5.73. The summed E-state index contributed by atoms with van der Waals surface area (Å²) in [5.74, 6) is 1.11. The summed E-state index contributed by atoms with van der Waals surface area (Å²) in [5, 5.41) is 4.15. The number of benzene rings is 2. The fourth-order valence-electron chi connectivity index (χ4n) is 1.91. The van der Waals surface area contributed by atoms with Gasteiger partial charge in [-0.15, -0.1) is 0 Å². The molecule has 0 saturated heterocycles. The lowest BCUT2D eigenvalue weighted by Crippen LogP contribution is -2.19. The first-order valence-corrected chi connectivity index (χ1v) is 7.69. The number of ether oxygens (including phenoxy) is 1. The Morgan fingerprint density at radius 3 is 2.30 bits per heavy atom. The Kier molecular flexibility index (Phi) is 5.92. The summed E-state index contributed by atoms with van der Waals surface area (Å²) in [6.45, 7) is 6.77. The van der Waals surface area contributed by atoms with Crippen molar-refractivity contribution in [2.75, 3.05) is 6.61 Å². The number of hydrogen-bond donors (Lipinski definition) is 1. The van der Waals surface area contributed by atoms with Gasteiger partial charge in [0.25, 0.3) is 5.91 Å². The molecule has 0 heterocycles. The molecule has 0 fully saturated rings. The quantitative estimate of drug-likeness (QED) is 0.650. The number of carbonyl (C=O) groups is 1. The van der Waals surface area contributed by atoms with Crippen molar-refractivity contribution in [1.29, 1.82) is 0 Å². The summed E-state index contributed by atoms with van der Waals surface area (Å²) in [7, 11) is 0. The van der Waals surface area contributed by atoms with Crippen LogP contribution in [0.15, 0.2) is 59.7 Å². The Hall–Kier alpha value is -2.62. The van der Waals surface area contributed by atoms with Crippen molar-refractivity contribution >= 4 is 11.6 Å². The Bertz CT molecular complexity index is 662. The summed E-state index contributed by atoms with van der Waals surface area (Å²) in [6, 6.07) is 16.7. The molecule has 0 aromatic heterocycles. The van der Waals surface area contributed by atoms with Crippen LogP contribution in [0, 0.1) is 5.92 Å². The highest BCUT2D eigenvalue weighted by Gasteiger charge is 2.04. The molecule has 0 atom stereocenters. The number of hydrazone groups is 1. The van der Waals surface area contributed by atoms with Crippen LogP contribution in [0.4, 0.5) is 0 Å². The van der Waals surface area contributed by atoms with E-state index >= 15 is 0 Å². The third kappa shape index (κ3) is 5.25. The van der Waals surface area contributed by atoms with Crippen LogP contribution in [0.25, 0.3) is 0 Å². The standard InChI is InChI=1S/C19H22N2O2/c1-14(2)13-23-18-11-9-16(10-12-18)15(3)20-21-19(22)17-7-5-4-6-8-17/h4-12,14H,13H2,1-3H3,(H,21,22)/b20-15-. The zero-order valence-corrected chi connectivity index (χ0v) is 13.7. The molecule has 0 unspecified atom stereocenters. The molecule has 2 aromatic carbocycles. The van der Waals surface area contributed by atoms with Crippen molar-refractivity contribution < 1.29 is 9.53 Å². The van der Waals surface area contributed by atoms with E-state index in [9.17, 15) is 4.79 Å². The maximum Gasteiger partial charge on any atom is 0.271 e. The van der Waals surface area contributed by atoms with Crippen LogP contribution in [0.3, 0.4) is 0 Å². The van der Waals surface area contributed by atoms with Crippen molar-refractivity contribution in [3.8, 4) is 5.75 Å². The van der Waals surface area contributed by atoms with Crippen molar-refractivity contribution in [2.24, 2.45) is 11.0 Å². The molecular weight excluding hydrogens is 288 g/mol. The second-order valence-corrected chi connectivity index (χ2v) is 5.73. The molecule has 2 aromatic rings. The molecule has 0 aliphatic rings. The van der Waals surface area contributed by atoms with Gasteiger partial charge in [0.2, 0.25) is 0 Å². The fourth-order valence-corrected chi connectivity index (χ4v) is 1.91. The van der Waals surface area contributed by atoms with Gasteiger partial charge in [0.05, 0.1) is 12.3 Å². The monoisotopic (exact) mass is 310 g/mol. The summed E-state index contributed by atoms with van der Waals surface area (Å²) < 4.78 is 5.65. The Morgan fingerprint density at radius 2 is 1.70 bits per heavy atom. The van der Waals surface area contributed by atoms with E-state index in [1.165, 1.54) is 0 Å². The summed E-state index contributed by atoms with van der Waals surface area (Å²) >= 11 is 0. The second kappa shape index (κ2) is 8.13. The van der Waals surface area contributed by atoms with Gasteiger partial charge in [-0.3, -0.25) is 4.79 Å². The lowest BCUT2D eigenvalue weighted by molar-refractivity contribution is 0.0955. The van der Waals surface area contributed by atoms with E-state index in [0.717, 1.165) is 17.0 Å². The first-order valence-electron chi connectivity index (χ1n) is 7.69. The lowest BCUT2D eigenvalue weighted by Gasteiger charge is -2.09. The molecule has 0 bridgehead atoms. The molecule has 23 heavy (non-hydrogen) atoms. The molecule has 120 valence electrons. The van der Waals surface area contributed by atoms with Gasteiger partial charge in [-0.1, -0.05) is 32.0 Å². The van der Waals surface area contributed by atoms with Crippen LogP contribution in [0.5, 0.6) is 5.75 Å². The van der Waals surface area contributed by atoms with Gasteiger partial charge in [0, 0.05) is 5.56 Å². The van der Waals surface area contributed by atoms with Gasteiger partial charge in [0.1, 0.15) is 5.75 Å². The smallest absolute Gasteiger partial charge is 0.271 e. The largest absolute Gasteiger partial charge is 0.493 e. The Morgan fingerprint density at radius 1 is 1.04 bits per heavy atom. The van der Waals surface area contributed by atoms with E-state index in [2.05, 4.69) is 24.4 Å². The molecule has 0 radical (unpaired) electrons. The number of hydrogen-bond acceptors (Lipinski definition) is 3. The zero-order chi connectivity index (χ0) is 16.7. The van der Waals surface area contributed by atoms with E-state index in [1.54, 1.807) is 12.1 Å². The molecule has 0 spiro atoms. The van der Waals surface area contributed by atoms with Gasteiger partial charge in [-0.25, -0.2) is 5.43 Å². The minimum absolute atomic E-state index is 0.221. The molecule has 1 amide bonds. The number of carbonyl (C=O) groups excluding carboxylic acids is 1. The van der Waals surface area contributed by atoms with E-state index in [0.29, 0.717) is 18.1 Å². The van der Waals surface area contributed by atoms with Crippen molar-refractivity contribution in [2.45, 2.75) is 20.8 Å². The highest BCUT2D eigenvalue weighted by Crippen LogP contribution is 2.13. The normalized spacial score (nSPS) is 11.4. The van der Waals surface area contributed by atoms with E-state index in [1.807, 2.05) is 49.4 Å². The van der Waals surface area contributed by atoms with Gasteiger partial charge >= 0.3 is 0 Å². The van der Waals surface area contributed by atoms with Crippen LogP contribution in [-0.4, -0.2) is 18.2 Å². The average Bonchev–Trinajstić information content (AvgIpc) is 2.58. The summed E-state index contributed by atoms with van der Waals surface area (Å²) in [4.78, 5) is 11.9. The topological polar surface area (TPSA) is 50.7 Å². The van der Waals surface area contributed by atoms with E-state index < -0.39 is 0 Å². The van der Waals surface area contributed by atoms with E-state index in [4.69, 9.17) is 4.74 Å². The first kappa shape index (κ1) is 16.7. The molecule has 4 nitrogen and oxygen atoms in total. The maximum absolute atomic E-state index is 11.9. The van der Waals surface area contributed by atoms with Crippen molar-refractivity contribution in [3.63, 3.8) is 0 Å². The summed E-state index contributed by atoms with van der Waals surface area (Å²) in [6.07, 6.45) is 0. The molecule has 4 heteroatoms. The highest BCUT2D eigenvalue weighted by atomic mass is 16.5. The van der Waals surface area contributed by atoms with Gasteiger partial charge in [0.15, 0.2) is 0 Å². The predicted molar refractivity (Wildman–Crippen MR) is 92.9 cm³/mol. The number of rotatable bonds is 6. The minimum atomic E-state index is -0.221. The third-order valence-electron chi connectivity index (χ3n) is 3.22. The van der Waals surface area contributed by atoms with E-state index in [-0.39, 0.29) is 5.91 Å². The predicted octanol–water partition coefficient (Wildman–Crippen LogP) is 3.88. The van der Waals surface area contributed by atoms with Gasteiger partial charge < -0.3 is 4.74 Å². The molecule has 0 aliphatic carbocycles. The Balaban J connectivity index is 1.96. The third-order valence-corrected chi connectivity index (χ3v) is 3.22. The SMILES string of the molecule is C/C(=N/NC(=O)c1ccccc1)c1ccc(OCC(C)C)cc1. The van der Waals surface area contributed by atoms with Crippen molar-refractivity contribution in [1.82, 2.24) is 5.43 Å². The number of nitrogens with zero attached hydrogens (tertiary/aromatic N) is 1. The highest BCUT2D eigenvalue weighted by molar-refractivity contribution is 6.00. The van der Waals surface area contributed by atoms with Crippen molar-refractivity contribution in [3.05, 3.63) is 65.7 Å². The summed E-state index contributed by atoms with van der Waals surface area (Å²) in [5.41, 5.74) is 4.83. The first-order chi connectivity index (χ1) is 11.1. The number of nitrogens with one attached hydrogen (secondary N) is 1.